The van der Waals surface area contributed by atoms with E-state index in [1.54, 1.807) is 23.0 Å². The number of aromatic nitrogens is 4. The van der Waals surface area contributed by atoms with Crippen LogP contribution < -0.4 is 10.6 Å². The van der Waals surface area contributed by atoms with Crippen LogP contribution in [0.25, 0.3) is 11.0 Å². The van der Waals surface area contributed by atoms with E-state index in [0.717, 1.165) is 23.8 Å². The van der Waals surface area contributed by atoms with E-state index in [9.17, 15) is 9.18 Å². The molecule has 0 atom stereocenters. The predicted octanol–water partition coefficient (Wildman–Crippen LogP) is 3.13. The third-order valence-corrected chi connectivity index (χ3v) is 4.79. The molecule has 1 aromatic carbocycles. The quantitative estimate of drug-likeness (QED) is 0.592. The number of carbonyl (C=O) groups is 1. The number of anilines is 1. The van der Waals surface area contributed by atoms with Gasteiger partial charge in [0, 0.05) is 19.0 Å². The maximum Gasteiger partial charge on any atom is 0.223 e. The van der Waals surface area contributed by atoms with Crippen molar-refractivity contribution < 1.29 is 9.18 Å². The predicted molar refractivity (Wildman–Crippen MR) is 106 cm³/mol. The smallest absolute Gasteiger partial charge is 0.223 e. The van der Waals surface area contributed by atoms with Crippen LogP contribution >= 0.6 is 0 Å². The Bertz CT molecular complexity index is 920. The number of nitrogens with one attached hydrogen (secondary N) is 2. The summed E-state index contributed by atoms with van der Waals surface area (Å²) in [5.41, 5.74) is 1.65. The van der Waals surface area contributed by atoms with Gasteiger partial charge in [-0.25, -0.2) is 19.0 Å². The van der Waals surface area contributed by atoms with E-state index in [-0.39, 0.29) is 17.6 Å². The average Bonchev–Trinajstić information content (AvgIpc) is 3.12. The Morgan fingerprint density at radius 1 is 1.18 bits per heavy atom. The molecule has 0 saturated carbocycles. The van der Waals surface area contributed by atoms with Gasteiger partial charge in [0.25, 0.3) is 0 Å². The minimum Gasteiger partial charge on any atom is -0.365 e. The molecule has 8 heteroatoms. The monoisotopic (exact) mass is 384 g/mol. The Morgan fingerprint density at radius 2 is 1.93 bits per heavy atom. The first-order valence-corrected chi connectivity index (χ1v) is 9.54. The molecule has 28 heavy (non-hydrogen) atoms. The molecule has 3 rings (SSSR count). The molecule has 2 aromatic heterocycles. The topological polar surface area (TPSA) is 84.7 Å². The number of nitrogens with zero attached hydrogens (tertiary/aromatic N) is 4. The fraction of sp³-hybridized carbons (Fsp3) is 0.400. The van der Waals surface area contributed by atoms with Crippen LogP contribution in [0.5, 0.6) is 0 Å². The molecule has 0 aliphatic rings. The molecule has 0 radical (unpaired) electrons. The van der Waals surface area contributed by atoms with Crippen molar-refractivity contribution in [1.29, 1.82) is 0 Å². The number of amides is 1. The molecule has 2 heterocycles. The van der Waals surface area contributed by atoms with Crippen LogP contribution in [0.2, 0.25) is 0 Å². The summed E-state index contributed by atoms with van der Waals surface area (Å²) in [5.74, 6) is 0.545. The summed E-state index contributed by atoms with van der Waals surface area (Å²) >= 11 is 0. The van der Waals surface area contributed by atoms with Gasteiger partial charge in [-0.05, 0) is 30.5 Å². The number of fused-ring (bicyclic) bond motifs is 1. The minimum absolute atomic E-state index is 0.0546. The Labute approximate surface area is 163 Å². The summed E-state index contributed by atoms with van der Waals surface area (Å²) < 4.78 is 14.8. The highest BCUT2D eigenvalue weighted by molar-refractivity contribution is 5.86. The lowest BCUT2D eigenvalue weighted by molar-refractivity contribution is -0.125. The first-order chi connectivity index (χ1) is 13.6. The maximum atomic E-state index is 13.0. The standard InChI is InChI=1S/C20H25FN6O/c1-3-15(4-2)20(28)22-9-10-27-19-17(12-26-27)18(24-13-25-19)23-11-14-5-7-16(21)8-6-14/h5-8,12-13,15H,3-4,9-11H2,1-2H3,(H,22,28)(H,23,24,25). The van der Waals surface area contributed by atoms with E-state index in [1.165, 1.54) is 18.5 Å². The lowest BCUT2D eigenvalue weighted by Gasteiger charge is -2.12. The second kappa shape index (κ2) is 9.25. The Morgan fingerprint density at radius 3 is 2.64 bits per heavy atom. The van der Waals surface area contributed by atoms with Crippen LogP contribution in [-0.2, 0) is 17.9 Å². The fourth-order valence-corrected chi connectivity index (χ4v) is 3.07. The van der Waals surface area contributed by atoms with Crippen molar-refractivity contribution in [3.63, 3.8) is 0 Å². The Balaban J connectivity index is 1.63. The van der Waals surface area contributed by atoms with Gasteiger partial charge in [0.15, 0.2) is 5.65 Å². The molecule has 148 valence electrons. The summed E-state index contributed by atoms with van der Waals surface area (Å²) in [6.45, 7) is 5.58. The van der Waals surface area contributed by atoms with Gasteiger partial charge in [0.2, 0.25) is 5.91 Å². The van der Waals surface area contributed by atoms with Crippen LogP contribution in [-0.4, -0.2) is 32.2 Å². The van der Waals surface area contributed by atoms with Gasteiger partial charge in [0.05, 0.1) is 18.1 Å². The second-order valence-electron chi connectivity index (χ2n) is 6.61. The lowest BCUT2D eigenvalue weighted by Crippen LogP contribution is -2.32. The highest BCUT2D eigenvalue weighted by Crippen LogP contribution is 2.19. The number of rotatable bonds is 9. The SMILES string of the molecule is CCC(CC)C(=O)NCCn1ncc2c(NCc3ccc(F)cc3)ncnc21. The van der Waals surface area contributed by atoms with Gasteiger partial charge in [0.1, 0.15) is 18.0 Å². The number of halogens is 1. The third kappa shape index (κ3) is 4.62. The van der Waals surface area contributed by atoms with Gasteiger partial charge >= 0.3 is 0 Å². The fourth-order valence-electron chi connectivity index (χ4n) is 3.07. The van der Waals surface area contributed by atoms with Crippen LogP contribution in [0, 0.1) is 11.7 Å². The van der Waals surface area contributed by atoms with Crippen molar-refractivity contribution in [3.8, 4) is 0 Å². The van der Waals surface area contributed by atoms with Crippen LogP contribution in [0.15, 0.2) is 36.8 Å². The molecular weight excluding hydrogens is 359 g/mol. The van der Waals surface area contributed by atoms with Crippen LogP contribution in [0.4, 0.5) is 10.2 Å². The largest absolute Gasteiger partial charge is 0.365 e. The molecule has 0 saturated heterocycles. The van der Waals surface area contributed by atoms with Crippen LogP contribution in [0.1, 0.15) is 32.3 Å². The number of hydrogen-bond donors (Lipinski definition) is 2. The summed E-state index contributed by atoms with van der Waals surface area (Å²) in [7, 11) is 0. The van der Waals surface area contributed by atoms with E-state index in [4.69, 9.17) is 0 Å². The van der Waals surface area contributed by atoms with Crippen molar-refractivity contribution in [2.24, 2.45) is 5.92 Å². The highest BCUT2D eigenvalue weighted by atomic mass is 19.1. The summed E-state index contributed by atoms with van der Waals surface area (Å²) in [6, 6.07) is 6.32. The minimum atomic E-state index is -0.259. The molecule has 1 amide bonds. The van der Waals surface area contributed by atoms with Crippen molar-refractivity contribution in [1.82, 2.24) is 25.1 Å². The van der Waals surface area contributed by atoms with Gasteiger partial charge in [-0.15, -0.1) is 0 Å². The molecule has 0 bridgehead atoms. The second-order valence-corrected chi connectivity index (χ2v) is 6.61. The molecule has 0 aliphatic carbocycles. The number of hydrogen-bond acceptors (Lipinski definition) is 5. The molecule has 7 nitrogen and oxygen atoms in total. The van der Waals surface area contributed by atoms with E-state index in [2.05, 4.69) is 25.7 Å². The van der Waals surface area contributed by atoms with Gasteiger partial charge in [-0.2, -0.15) is 5.10 Å². The molecule has 2 N–H and O–H groups in total. The van der Waals surface area contributed by atoms with Gasteiger partial charge in [-0.3, -0.25) is 4.79 Å². The van der Waals surface area contributed by atoms with E-state index in [1.807, 2.05) is 13.8 Å². The van der Waals surface area contributed by atoms with Crippen LogP contribution in [0.3, 0.4) is 0 Å². The molecule has 0 spiro atoms. The zero-order valence-electron chi connectivity index (χ0n) is 16.2. The van der Waals surface area contributed by atoms with E-state index >= 15 is 0 Å². The van der Waals surface area contributed by atoms with Crippen molar-refractivity contribution >= 4 is 22.8 Å². The van der Waals surface area contributed by atoms with Gasteiger partial charge < -0.3 is 10.6 Å². The molecule has 3 aromatic rings. The zero-order valence-corrected chi connectivity index (χ0v) is 16.2. The lowest BCUT2D eigenvalue weighted by atomic mass is 10.0. The first-order valence-electron chi connectivity index (χ1n) is 9.54. The molecule has 0 unspecified atom stereocenters. The highest BCUT2D eigenvalue weighted by Gasteiger charge is 2.14. The van der Waals surface area contributed by atoms with E-state index in [0.29, 0.717) is 31.1 Å². The molecule has 0 fully saturated rings. The number of benzene rings is 1. The van der Waals surface area contributed by atoms with Crippen molar-refractivity contribution in [2.75, 3.05) is 11.9 Å². The summed E-state index contributed by atoms with van der Waals surface area (Å²) in [5, 5.41) is 11.4. The van der Waals surface area contributed by atoms with Crippen molar-refractivity contribution in [3.05, 3.63) is 48.2 Å². The normalized spacial score (nSPS) is 11.1. The average molecular weight is 384 g/mol. The number of carbonyl (C=O) groups excluding carboxylic acids is 1. The molecular formula is C20H25FN6O. The van der Waals surface area contributed by atoms with Gasteiger partial charge in [-0.1, -0.05) is 26.0 Å². The Hall–Kier alpha value is -3.03. The zero-order chi connectivity index (χ0) is 19.9. The first kappa shape index (κ1) is 19.7. The summed E-state index contributed by atoms with van der Waals surface area (Å²) in [6.07, 6.45) is 4.87. The maximum absolute atomic E-state index is 13.0. The van der Waals surface area contributed by atoms with Crippen molar-refractivity contribution in [2.45, 2.75) is 39.8 Å². The molecule has 0 aliphatic heterocycles. The third-order valence-electron chi connectivity index (χ3n) is 4.79. The Kier molecular flexibility index (Phi) is 6.52. The van der Waals surface area contributed by atoms with E-state index < -0.39 is 0 Å². The summed E-state index contributed by atoms with van der Waals surface area (Å²) in [4.78, 5) is 20.7.